The Balaban J connectivity index is 2.06. The lowest BCUT2D eigenvalue weighted by atomic mass is 10.1. The molecule has 7 heteroatoms. The van der Waals surface area contributed by atoms with Crippen molar-refractivity contribution in [3.05, 3.63) is 70.8 Å². The van der Waals surface area contributed by atoms with Gasteiger partial charge in [0.25, 0.3) is 5.91 Å². The number of Topliss-reactive ketones (excluding diaryl/α,β-unsaturated/α-hetero) is 1. The van der Waals surface area contributed by atoms with Gasteiger partial charge in [-0.05, 0) is 62.7 Å². The van der Waals surface area contributed by atoms with Gasteiger partial charge in [0.2, 0.25) is 5.91 Å². The van der Waals surface area contributed by atoms with Gasteiger partial charge in [-0.3, -0.25) is 14.4 Å². The monoisotopic (exact) mass is 380 g/mol. The Kier molecular flexibility index (Phi) is 6.44. The quantitative estimate of drug-likeness (QED) is 0.525. The summed E-state index contributed by atoms with van der Waals surface area (Å²) in [7, 11) is 0. The SMILES string of the molecule is CC(=O)c1ccc(NC(=O)/C=C(/C)C(=O)Nc2cc(C(=O)O)ccc2C)cc1. The summed E-state index contributed by atoms with van der Waals surface area (Å²) in [4.78, 5) is 46.7. The molecule has 2 rings (SSSR count). The van der Waals surface area contributed by atoms with Crippen LogP contribution in [-0.2, 0) is 9.59 Å². The average molecular weight is 380 g/mol. The van der Waals surface area contributed by atoms with Crippen LogP contribution >= 0.6 is 0 Å². The molecule has 2 aromatic rings. The summed E-state index contributed by atoms with van der Waals surface area (Å²) >= 11 is 0. The van der Waals surface area contributed by atoms with E-state index < -0.39 is 17.8 Å². The number of benzene rings is 2. The van der Waals surface area contributed by atoms with Gasteiger partial charge in [0.15, 0.2) is 5.78 Å². The second-order valence-electron chi connectivity index (χ2n) is 6.24. The van der Waals surface area contributed by atoms with E-state index in [1.165, 1.54) is 26.0 Å². The summed E-state index contributed by atoms with van der Waals surface area (Å²) in [6, 6.07) is 10.8. The first kappa shape index (κ1) is 20.6. The molecule has 0 radical (unpaired) electrons. The molecule has 0 saturated heterocycles. The summed E-state index contributed by atoms with van der Waals surface area (Å²) in [5.41, 5.74) is 2.28. The van der Waals surface area contributed by atoms with Crippen LogP contribution in [0.15, 0.2) is 54.1 Å². The number of carboxylic acid groups (broad SMARTS) is 1. The number of carboxylic acids is 1. The molecule has 0 atom stereocenters. The fourth-order valence-electron chi connectivity index (χ4n) is 2.34. The second-order valence-corrected chi connectivity index (χ2v) is 6.24. The molecule has 0 unspecified atom stereocenters. The third-order valence-electron chi connectivity index (χ3n) is 4.00. The molecule has 0 aromatic heterocycles. The number of aromatic carboxylic acids is 1. The Morgan fingerprint density at radius 1 is 0.893 bits per heavy atom. The van der Waals surface area contributed by atoms with Crippen LogP contribution in [0.5, 0.6) is 0 Å². The van der Waals surface area contributed by atoms with Crippen LogP contribution < -0.4 is 10.6 Å². The highest BCUT2D eigenvalue weighted by Gasteiger charge is 2.11. The van der Waals surface area contributed by atoms with Gasteiger partial charge in [-0.1, -0.05) is 6.07 Å². The smallest absolute Gasteiger partial charge is 0.335 e. The van der Waals surface area contributed by atoms with E-state index in [0.29, 0.717) is 22.5 Å². The van der Waals surface area contributed by atoms with Crippen LogP contribution in [0.2, 0.25) is 0 Å². The Labute approximate surface area is 162 Å². The lowest BCUT2D eigenvalue weighted by Gasteiger charge is -2.10. The fraction of sp³-hybridized carbons (Fsp3) is 0.143. The zero-order valence-corrected chi connectivity index (χ0v) is 15.7. The number of nitrogens with one attached hydrogen (secondary N) is 2. The minimum Gasteiger partial charge on any atom is -0.478 e. The van der Waals surface area contributed by atoms with Crippen molar-refractivity contribution in [3.8, 4) is 0 Å². The maximum absolute atomic E-state index is 12.3. The fourth-order valence-corrected chi connectivity index (χ4v) is 2.34. The normalized spacial score (nSPS) is 10.9. The van der Waals surface area contributed by atoms with Crippen LogP contribution in [0.3, 0.4) is 0 Å². The Morgan fingerprint density at radius 2 is 1.50 bits per heavy atom. The number of anilines is 2. The first-order valence-corrected chi connectivity index (χ1v) is 8.43. The molecular weight excluding hydrogens is 360 g/mol. The highest BCUT2D eigenvalue weighted by molar-refractivity contribution is 6.10. The van der Waals surface area contributed by atoms with Gasteiger partial charge >= 0.3 is 5.97 Å². The minimum atomic E-state index is -1.10. The number of hydrogen-bond acceptors (Lipinski definition) is 4. The van der Waals surface area contributed by atoms with E-state index >= 15 is 0 Å². The molecule has 0 aliphatic rings. The van der Waals surface area contributed by atoms with Gasteiger partial charge in [-0.2, -0.15) is 0 Å². The maximum atomic E-state index is 12.3. The van der Waals surface area contributed by atoms with Gasteiger partial charge in [0.05, 0.1) is 5.56 Å². The summed E-state index contributed by atoms with van der Waals surface area (Å²) in [6.45, 7) is 4.66. The molecular formula is C21H20N2O5. The third-order valence-corrected chi connectivity index (χ3v) is 4.00. The van der Waals surface area contributed by atoms with E-state index in [2.05, 4.69) is 10.6 Å². The molecule has 7 nitrogen and oxygen atoms in total. The van der Waals surface area contributed by atoms with E-state index in [4.69, 9.17) is 5.11 Å². The molecule has 0 fully saturated rings. The molecule has 0 aliphatic carbocycles. The standard InChI is InChI=1S/C21H20N2O5/c1-12-4-5-16(21(27)28)11-18(12)23-20(26)13(2)10-19(25)22-17-8-6-15(7-9-17)14(3)24/h4-11H,1-3H3,(H,22,25)(H,23,26)(H,27,28)/b13-10-. The summed E-state index contributed by atoms with van der Waals surface area (Å²) < 4.78 is 0. The van der Waals surface area contributed by atoms with Gasteiger partial charge in [-0.25, -0.2) is 4.79 Å². The van der Waals surface area contributed by atoms with Crippen molar-refractivity contribution < 1.29 is 24.3 Å². The Morgan fingerprint density at radius 3 is 2.07 bits per heavy atom. The number of hydrogen-bond donors (Lipinski definition) is 3. The highest BCUT2D eigenvalue weighted by atomic mass is 16.4. The zero-order valence-electron chi connectivity index (χ0n) is 15.7. The molecule has 2 amide bonds. The highest BCUT2D eigenvalue weighted by Crippen LogP contribution is 2.18. The van der Waals surface area contributed by atoms with Crippen LogP contribution in [0.4, 0.5) is 11.4 Å². The van der Waals surface area contributed by atoms with Crippen molar-refractivity contribution in [2.75, 3.05) is 10.6 Å². The predicted molar refractivity (Wildman–Crippen MR) is 106 cm³/mol. The molecule has 144 valence electrons. The van der Waals surface area contributed by atoms with Crippen LogP contribution in [-0.4, -0.2) is 28.7 Å². The van der Waals surface area contributed by atoms with Crippen molar-refractivity contribution in [1.82, 2.24) is 0 Å². The molecule has 0 spiro atoms. The van der Waals surface area contributed by atoms with E-state index in [9.17, 15) is 19.2 Å². The second kappa shape index (κ2) is 8.77. The van der Waals surface area contributed by atoms with Crippen molar-refractivity contribution in [1.29, 1.82) is 0 Å². The molecule has 0 bridgehead atoms. The van der Waals surface area contributed by atoms with Crippen molar-refractivity contribution in [2.24, 2.45) is 0 Å². The minimum absolute atomic E-state index is 0.0503. The molecule has 2 aromatic carbocycles. The summed E-state index contributed by atoms with van der Waals surface area (Å²) in [5.74, 6) is -2.20. The lowest BCUT2D eigenvalue weighted by Crippen LogP contribution is -2.17. The number of ketones is 1. The number of aryl methyl sites for hydroxylation is 1. The van der Waals surface area contributed by atoms with E-state index in [1.54, 1.807) is 37.3 Å². The van der Waals surface area contributed by atoms with Gasteiger partial charge in [-0.15, -0.1) is 0 Å². The lowest BCUT2D eigenvalue weighted by molar-refractivity contribution is -0.114. The van der Waals surface area contributed by atoms with E-state index in [1.807, 2.05) is 0 Å². The molecule has 0 heterocycles. The van der Waals surface area contributed by atoms with Crippen LogP contribution in [0.25, 0.3) is 0 Å². The summed E-state index contributed by atoms with van der Waals surface area (Å²) in [6.07, 6.45) is 1.14. The van der Waals surface area contributed by atoms with Gasteiger partial charge < -0.3 is 15.7 Å². The van der Waals surface area contributed by atoms with Crippen LogP contribution in [0.1, 0.15) is 40.1 Å². The number of amides is 2. The number of rotatable bonds is 6. The van der Waals surface area contributed by atoms with E-state index in [-0.39, 0.29) is 16.9 Å². The largest absolute Gasteiger partial charge is 0.478 e. The van der Waals surface area contributed by atoms with Crippen molar-refractivity contribution in [2.45, 2.75) is 20.8 Å². The zero-order chi connectivity index (χ0) is 20.8. The average Bonchev–Trinajstić information content (AvgIpc) is 2.63. The first-order valence-electron chi connectivity index (χ1n) is 8.43. The van der Waals surface area contributed by atoms with Crippen molar-refractivity contribution >= 4 is 34.9 Å². The molecule has 3 N–H and O–H groups in total. The molecule has 0 aliphatic heterocycles. The number of carbonyl (C=O) groups is 4. The molecule has 28 heavy (non-hydrogen) atoms. The first-order chi connectivity index (χ1) is 13.2. The third kappa shape index (κ3) is 5.38. The summed E-state index contributed by atoms with van der Waals surface area (Å²) in [5, 5.41) is 14.3. The maximum Gasteiger partial charge on any atom is 0.335 e. The molecule has 0 saturated carbocycles. The van der Waals surface area contributed by atoms with Gasteiger partial charge in [0, 0.05) is 28.6 Å². The Bertz CT molecular complexity index is 975. The topological polar surface area (TPSA) is 113 Å². The Hall–Kier alpha value is -3.74. The predicted octanol–water partition coefficient (Wildman–Crippen LogP) is 3.42. The van der Waals surface area contributed by atoms with Crippen LogP contribution in [0, 0.1) is 6.92 Å². The van der Waals surface area contributed by atoms with Crippen molar-refractivity contribution in [3.63, 3.8) is 0 Å². The van der Waals surface area contributed by atoms with E-state index in [0.717, 1.165) is 6.08 Å². The number of carbonyl (C=O) groups excluding carboxylic acids is 3. The van der Waals surface area contributed by atoms with Gasteiger partial charge in [0.1, 0.15) is 0 Å².